The quantitative estimate of drug-likeness (QED) is 0.580. The fourth-order valence-corrected chi connectivity index (χ4v) is 2.56. The molecule has 0 aliphatic heterocycles. The Bertz CT molecular complexity index is 742. The van der Waals surface area contributed by atoms with E-state index < -0.39 is 0 Å². The molecule has 3 aromatic rings. The van der Waals surface area contributed by atoms with Gasteiger partial charge in [-0.25, -0.2) is 0 Å². The molecular formula is C18H21N3O2. The Hall–Kier alpha value is -2.69. The Balaban J connectivity index is 1.57. The number of hydrogen-bond donors (Lipinski definition) is 1. The third-order valence-corrected chi connectivity index (χ3v) is 3.68. The van der Waals surface area contributed by atoms with Crippen LogP contribution in [0.3, 0.4) is 0 Å². The summed E-state index contributed by atoms with van der Waals surface area (Å²) in [4.78, 5) is 6.36. The van der Waals surface area contributed by atoms with Crippen LogP contribution in [-0.2, 0) is 13.0 Å². The van der Waals surface area contributed by atoms with Gasteiger partial charge in [0.15, 0.2) is 5.96 Å². The van der Waals surface area contributed by atoms with Crippen molar-refractivity contribution in [1.82, 2.24) is 10.2 Å². The van der Waals surface area contributed by atoms with Gasteiger partial charge in [0, 0.05) is 32.4 Å². The van der Waals surface area contributed by atoms with Crippen molar-refractivity contribution >= 4 is 16.9 Å². The van der Waals surface area contributed by atoms with Crippen molar-refractivity contribution in [2.75, 3.05) is 20.6 Å². The number of furan rings is 2. The minimum absolute atomic E-state index is 0.662. The molecule has 0 saturated carbocycles. The van der Waals surface area contributed by atoms with Gasteiger partial charge >= 0.3 is 0 Å². The van der Waals surface area contributed by atoms with Gasteiger partial charge in [-0.15, -0.1) is 0 Å². The molecule has 1 N–H and O–H groups in total. The van der Waals surface area contributed by atoms with Gasteiger partial charge in [0.1, 0.15) is 17.1 Å². The Kier molecular flexibility index (Phi) is 4.66. The molecule has 3 rings (SSSR count). The Morgan fingerprint density at radius 3 is 2.78 bits per heavy atom. The molecule has 0 amide bonds. The number of fused-ring (bicyclic) bond motifs is 1. The van der Waals surface area contributed by atoms with E-state index in [1.807, 2.05) is 42.3 Å². The second kappa shape index (κ2) is 7.05. The summed E-state index contributed by atoms with van der Waals surface area (Å²) in [5.74, 6) is 2.72. The molecule has 0 fully saturated rings. The average Bonchev–Trinajstić information content (AvgIpc) is 3.20. The summed E-state index contributed by atoms with van der Waals surface area (Å²) in [5.41, 5.74) is 0.914. The second-order valence-electron chi connectivity index (χ2n) is 5.41. The van der Waals surface area contributed by atoms with Crippen LogP contribution in [0, 0.1) is 0 Å². The molecule has 23 heavy (non-hydrogen) atoms. The summed E-state index contributed by atoms with van der Waals surface area (Å²) in [6.07, 6.45) is 2.52. The van der Waals surface area contributed by atoms with Gasteiger partial charge in [0.2, 0.25) is 0 Å². The van der Waals surface area contributed by atoms with E-state index in [4.69, 9.17) is 8.83 Å². The number of nitrogens with one attached hydrogen (secondary N) is 1. The van der Waals surface area contributed by atoms with Crippen molar-refractivity contribution in [3.63, 3.8) is 0 Å². The van der Waals surface area contributed by atoms with Gasteiger partial charge in [-0.2, -0.15) is 0 Å². The minimum atomic E-state index is 0.662. The molecule has 0 aliphatic rings. The summed E-state index contributed by atoms with van der Waals surface area (Å²) < 4.78 is 11.2. The van der Waals surface area contributed by atoms with E-state index in [9.17, 15) is 0 Å². The van der Waals surface area contributed by atoms with Crippen LogP contribution in [-0.4, -0.2) is 31.5 Å². The fourth-order valence-electron chi connectivity index (χ4n) is 2.56. The lowest BCUT2D eigenvalue weighted by molar-refractivity contribution is 0.411. The molecule has 0 unspecified atom stereocenters. The Morgan fingerprint density at radius 2 is 2.04 bits per heavy atom. The molecule has 0 radical (unpaired) electrons. The van der Waals surface area contributed by atoms with Gasteiger partial charge in [0.05, 0.1) is 12.8 Å². The monoisotopic (exact) mass is 311 g/mol. The molecule has 2 heterocycles. The first-order chi connectivity index (χ1) is 11.3. The highest BCUT2D eigenvalue weighted by Gasteiger charge is 2.10. The zero-order chi connectivity index (χ0) is 16.1. The molecular weight excluding hydrogens is 290 g/mol. The lowest BCUT2D eigenvalue weighted by Gasteiger charge is -2.20. The van der Waals surface area contributed by atoms with Gasteiger partial charge in [-0.3, -0.25) is 4.99 Å². The Labute approximate surface area is 135 Å². The maximum absolute atomic E-state index is 5.86. The molecule has 5 nitrogen and oxygen atoms in total. The van der Waals surface area contributed by atoms with Crippen LogP contribution in [0.15, 0.2) is 62.6 Å². The van der Waals surface area contributed by atoms with Crippen LogP contribution < -0.4 is 5.32 Å². The summed E-state index contributed by atoms with van der Waals surface area (Å²) in [5, 5.41) is 4.46. The third-order valence-electron chi connectivity index (χ3n) is 3.68. The predicted octanol–water partition coefficient (Wildman–Crippen LogP) is 3.28. The number of aliphatic imine (C=N–C) groups is 1. The van der Waals surface area contributed by atoms with E-state index in [0.717, 1.165) is 41.4 Å². The normalized spacial score (nSPS) is 11.8. The van der Waals surface area contributed by atoms with Crippen molar-refractivity contribution in [2.24, 2.45) is 4.99 Å². The minimum Gasteiger partial charge on any atom is -0.469 e. The molecule has 0 aliphatic carbocycles. The SMILES string of the molecule is CN=C(NCCc1ccco1)N(C)Cc1cc2ccccc2o1. The molecule has 0 spiro atoms. The third kappa shape index (κ3) is 3.74. The van der Waals surface area contributed by atoms with Crippen LogP contribution in [0.4, 0.5) is 0 Å². The molecule has 0 saturated heterocycles. The molecule has 0 bridgehead atoms. The van der Waals surface area contributed by atoms with E-state index in [0.29, 0.717) is 6.54 Å². The van der Waals surface area contributed by atoms with E-state index in [2.05, 4.69) is 22.4 Å². The molecule has 1 aromatic carbocycles. The molecule has 0 atom stereocenters. The highest BCUT2D eigenvalue weighted by molar-refractivity contribution is 5.80. The number of nitrogens with zero attached hydrogens (tertiary/aromatic N) is 2. The highest BCUT2D eigenvalue weighted by atomic mass is 16.3. The largest absolute Gasteiger partial charge is 0.469 e. The lowest BCUT2D eigenvalue weighted by atomic mass is 10.2. The first-order valence-electron chi connectivity index (χ1n) is 7.68. The van der Waals surface area contributed by atoms with Crippen LogP contribution in [0.5, 0.6) is 0 Å². The van der Waals surface area contributed by atoms with Gasteiger partial charge in [-0.05, 0) is 24.3 Å². The van der Waals surface area contributed by atoms with Crippen LogP contribution in [0.25, 0.3) is 11.0 Å². The second-order valence-corrected chi connectivity index (χ2v) is 5.41. The first kappa shape index (κ1) is 15.2. The average molecular weight is 311 g/mol. The summed E-state index contributed by atoms with van der Waals surface area (Å²) in [6.45, 7) is 1.43. The smallest absolute Gasteiger partial charge is 0.193 e. The fraction of sp³-hybridized carbons (Fsp3) is 0.278. The van der Waals surface area contributed by atoms with E-state index >= 15 is 0 Å². The maximum Gasteiger partial charge on any atom is 0.193 e. The van der Waals surface area contributed by atoms with E-state index in [-0.39, 0.29) is 0 Å². The molecule has 2 aromatic heterocycles. The number of guanidine groups is 1. The van der Waals surface area contributed by atoms with Crippen molar-refractivity contribution in [3.8, 4) is 0 Å². The Morgan fingerprint density at radius 1 is 1.17 bits per heavy atom. The standard InChI is InChI=1S/C18H21N3O2/c1-19-18(20-10-9-15-7-5-11-22-15)21(2)13-16-12-14-6-3-4-8-17(14)23-16/h3-8,11-12H,9-10,13H2,1-2H3,(H,19,20). The zero-order valence-electron chi connectivity index (χ0n) is 13.5. The summed E-state index contributed by atoms with van der Waals surface area (Å²) >= 11 is 0. The van der Waals surface area contributed by atoms with Gasteiger partial charge in [0.25, 0.3) is 0 Å². The summed E-state index contributed by atoms with van der Waals surface area (Å²) in [7, 11) is 3.78. The first-order valence-corrected chi connectivity index (χ1v) is 7.68. The highest BCUT2D eigenvalue weighted by Crippen LogP contribution is 2.19. The van der Waals surface area contributed by atoms with E-state index in [1.54, 1.807) is 13.3 Å². The zero-order valence-corrected chi connectivity index (χ0v) is 13.5. The van der Waals surface area contributed by atoms with Gasteiger partial charge < -0.3 is 19.1 Å². The molecule has 5 heteroatoms. The number of rotatable bonds is 5. The summed E-state index contributed by atoms with van der Waals surface area (Å²) in [6, 6.07) is 14.0. The van der Waals surface area contributed by atoms with Crippen LogP contribution in [0.2, 0.25) is 0 Å². The number of para-hydroxylation sites is 1. The molecule has 120 valence electrons. The topological polar surface area (TPSA) is 53.9 Å². The van der Waals surface area contributed by atoms with Crippen molar-refractivity contribution in [3.05, 3.63) is 60.2 Å². The van der Waals surface area contributed by atoms with Crippen LogP contribution >= 0.6 is 0 Å². The van der Waals surface area contributed by atoms with Crippen molar-refractivity contribution in [2.45, 2.75) is 13.0 Å². The number of benzene rings is 1. The number of hydrogen-bond acceptors (Lipinski definition) is 3. The van der Waals surface area contributed by atoms with E-state index in [1.165, 1.54) is 0 Å². The maximum atomic E-state index is 5.86. The van der Waals surface area contributed by atoms with Crippen molar-refractivity contribution < 1.29 is 8.83 Å². The van der Waals surface area contributed by atoms with Crippen LogP contribution in [0.1, 0.15) is 11.5 Å². The predicted molar refractivity (Wildman–Crippen MR) is 91.5 cm³/mol. The van der Waals surface area contributed by atoms with Crippen molar-refractivity contribution in [1.29, 1.82) is 0 Å². The lowest BCUT2D eigenvalue weighted by Crippen LogP contribution is -2.39. The van der Waals surface area contributed by atoms with Gasteiger partial charge in [-0.1, -0.05) is 18.2 Å².